The van der Waals surface area contributed by atoms with Gasteiger partial charge in [0.1, 0.15) is 0 Å². The molecule has 3 rings (SSSR count). The SMILES string of the molecule is Cc1nc(C)c(S(=O)(=O)NC2C3CCC(C3)C2CO)s1. The third-order valence-electron chi connectivity index (χ3n) is 4.70. The van der Waals surface area contributed by atoms with Gasteiger partial charge in [-0.15, -0.1) is 11.3 Å². The van der Waals surface area contributed by atoms with Crippen molar-refractivity contribution >= 4 is 21.4 Å². The van der Waals surface area contributed by atoms with Gasteiger partial charge in [-0.2, -0.15) is 0 Å². The highest BCUT2D eigenvalue weighted by molar-refractivity contribution is 7.91. The van der Waals surface area contributed by atoms with Crippen molar-refractivity contribution in [2.45, 2.75) is 43.4 Å². The van der Waals surface area contributed by atoms with Crippen molar-refractivity contribution in [3.63, 3.8) is 0 Å². The van der Waals surface area contributed by atoms with Crippen LogP contribution in [0.4, 0.5) is 0 Å². The van der Waals surface area contributed by atoms with Crippen LogP contribution in [0.3, 0.4) is 0 Å². The first-order valence-electron chi connectivity index (χ1n) is 6.99. The Balaban J connectivity index is 1.85. The van der Waals surface area contributed by atoms with Crippen LogP contribution in [0.15, 0.2) is 4.21 Å². The molecular weight excluding hydrogens is 296 g/mol. The van der Waals surface area contributed by atoms with Crippen LogP contribution < -0.4 is 4.72 Å². The third kappa shape index (κ3) is 2.30. The maximum atomic E-state index is 12.5. The van der Waals surface area contributed by atoms with Crippen molar-refractivity contribution in [3.8, 4) is 0 Å². The summed E-state index contributed by atoms with van der Waals surface area (Å²) < 4.78 is 28.2. The molecule has 2 N–H and O–H groups in total. The molecule has 0 amide bonds. The van der Waals surface area contributed by atoms with Gasteiger partial charge in [0.15, 0.2) is 4.21 Å². The monoisotopic (exact) mass is 316 g/mol. The fraction of sp³-hybridized carbons (Fsp3) is 0.769. The van der Waals surface area contributed by atoms with Crippen LogP contribution in [0.1, 0.15) is 30.0 Å². The van der Waals surface area contributed by atoms with E-state index in [2.05, 4.69) is 9.71 Å². The predicted molar refractivity (Wildman–Crippen MR) is 77.1 cm³/mol. The molecule has 0 aromatic carbocycles. The molecule has 2 bridgehead atoms. The second-order valence-corrected chi connectivity index (χ2v) is 9.04. The molecule has 2 fully saturated rings. The van der Waals surface area contributed by atoms with Gasteiger partial charge in [0.2, 0.25) is 0 Å². The Hall–Kier alpha value is -0.500. The van der Waals surface area contributed by atoms with Gasteiger partial charge in [0.25, 0.3) is 10.0 Å². The Kier molecular flexibility index (Phi) is 3.64. The Labute approximate surface area is 123 Å². The van der Waals surface area contributed by atoms with E-state index < -0.39 is 10.0 Å². The van der Waals surface area contributed by atoms with E-state index in [0.29, 0.717) is 21.7 Å². The summed E-state index contributed by atoms with van der Waals surface area (Å²) in [6.07, 6.45) is 3.22. The van der Waals surface area contributed by atoms with E-state index in [9.17, 15) is 13.5 Å². The van der Waals surface area contributed by atoms with Crippen molar-refractivity contribution in [2.75, 3.05) is 6.61 Å². The van der Waals surface area contributed by atoms with Crippen molar-refractivity contribution < 1.29 is 13.5 Å². The zero-order chi connectivity index (χ0) is 14.5. The lowest BCUT2D eigenvalue weighted by molar-refractivity contribution is 0.153. The maximum absolute atomic E-state index is 12.5. The van der Waals surface area contributed by atoms with Crippen LogP contribution >= 0.6 is 11.3 Å². The largest absolute Gasteiger partial charge is 0.396 e. The van der Waals surface area contributed by atoms with Crippen LogP contribution in [0.5, 0.6) is 0 Å². The van der Waals surface area contributed by atoms with Gasteiger partial charge in [0.05, 0.1) is 10.7 Å². The minimum atomic E-state index is -3.52. The normalized spacial score (nSPS) is 33.0. The number of sulfonamides is 1. The van der Waals surface area contributed by atoms with Gasteiger partial charge in [-0.05, 0) is 44.9 Å². The highest BCUT2D eigenvalue weighted by Gasteiger charge is 2.48. The molecule has 0 saturated heterocycles. The van der Waals surface area contributed by atoms with Crippen molar-refractivity contribution in [2.24, 2.45) is 17.8 Å². The second-order valence-electron chi connectivity index (χ2n) is 5.93. The molecule has 0 radical (unpaired) electrons. The average Bonchev–Trinajstić information content (AvgIpc) is 3.03. The van der Waals surface area contributed by atoms with Crippen LogP contribution in [-0.2, 0) is 10.0 Å². The molecule has 0 aliphatic heterocycles. The number of thiazole rings is 1. The average molecular weight is 316 g/mol. The van der Waals surface area contributed by atoms with Crippen LogP contribution in [-0.4, -0.2) is 31.2 Å². The van der Waals surface area contributed by atoms with Gasteiger partial charge >= 0.3 is 0 Å². The molecule has 1 aromatic heterocycles. The van der Waals surface area contributed by atoms with E-state index in [-0.39, 0.29) is 18.6 Å². The van der Waals surface area contributed by atoms with E-state index >= 15 is 0 Å². The molecule has 4 unspecified atom stereocenters. The Morgan fingerprint density at radius 3 is 2.65 bits per heavy atom. The minimum absolute atomic E-state index is 0.0645. The molecule has 0 spiro atoms. The fourth-order valence-corrected chi connectivity index (χ4v) is 6.71. The lowest BCUT2D eigenvalue weighted by Crippen LogP contribution is -2.45. The molecule has 4 atom stereocenters. The Bertz CT molecular complexity index is 611. The highest BCUT2D eigenvalue weighted by Crippen LogP contribution is 2.48. The van der Waals surface area contributed by atoms with Gasteiger partial charge in [-0.1, -0.05) is 0 Å². The summed E-state index contributed by atoms with van der Waals surface area (Å²) in [5.74, 6) is 0.918. The van der Waals surface area contributed by atoms with E-state index in [0.717, 1.165) is 24.3 Å². The summed E-state index contributed by atoms with van der Waals surface area (Å²) in [6, 6.07) is -0.120. The second kappa shape index (κ2) is 5.05. The summed E-state index contributed by atoms with van der Waals surface area (Å²) in [4.78, 5) is 4.19. The maximum Gasteiger partial charge on any atom is 0.252 e. The zero-order valence-corrected chi connectivity index (χ0v) is 13.3. The van der Waals surface area contributed by atoms with Gasteiger partial charge < -0.3 is 5.11 Å². The molecule has 7 heteroatoms. The number of rotatable bonds is 4. The number of fused-ring (bicyclic) bond motifs is 2. The van der Waals surface area contributed by atoms with E-state index in [4.69, 9.17) is 0 Å². The lowest BCUT2D eigenvalue weighted by Gasteiger charge is -2.30. The Morgan fingerprint density at radius 1 is 1.35 bits per heavy atom. The molecule has 2 aliphatic carbocycles. The summed E-state index contributed by atoms with van der Waals surface area (Å²) in [6.45, 7) is 3.60. The summed E-state index contributed by atoms with van der Waals surface area (Å²) in [7, 11) is -3.52. The fourth-order valence-electron chi connectivity index (χ4n) is 3.85. The molecule has 1 heterocycles. The Morgan fingerprint density at radius 2 is 2.05 bits per heavy atom. The minimum Gasteiger partial charge on any atom is -0.396 e. The lowest BCUT2D eigenvalue weighted by atomic mass is 9.86. The summed E-state index contributed by atoms with van der Waals surface area (Å²) >= 11 is 1.21. The van der Waals surface area contributed by atoms with Crippen molar-refractivity contribution in [3.05, 3.63) is 10.7 Å². The number of nitrogens with zero attached hydrogens (tertiary/aromatic N) is 1. The van der Waals surface area contributed by atoms with Gasteiger partial charge in [-0.3, -0.25) is 0 Å². The molecule has 5 nitrogen and oxygen atoms in total. The summed E-state index contributed by atoms with van der Waals surface area (Å²) in [5, 5.41) is 10.3. The third-order valence-corrected chi connectivity index (χ3v) is 7.84. The number of hydrogen-bond donors (Lipinski definition) is 2. The van der Waals surface area contributed by atoms with Crippen molar-refractivity contribution in [1.82, 2.24) is 9.71 Å². The predicted octanol–water partition coefficient (Wildman–Crippen LogP) is 1.45. The van der Waals surface area contributed by atoms with Crippen LogP contribution in [0.2, 0.25) is 0 Å². The highest BCUT2D eigenvalue weighted by atomic mass is 32.2. The molecule has 2 aliphatic rings. The molecule has 112 valence electrons. The molecule has 2 saturated carbocycles. The first kappa shape index (κ1) is 14.4. The van der Waals surface area contributed by atoms with E-state index in [1.165, 1.54) is 11.3 Å². The number of aliphatic hydroxyl groups is 1. The molecule has 20 heavy (non-hydrogen) atoms. The number of aryl methyl sites for hydroxylation is 2. The summed E-state index contributed by atoms with van der Waals surface area (Å²) in [5.41, 5.74) is 0.559. The van der Waals surface area contributed by atoms with E-state index in [1.807, 2.05) is 6.92 Å². The van der Waals surface area contributed by atoms with Crippen molar-refractivity contribution in [1.29, 1.82) is 0 Å². The topological polar surface area (TPSA) is 79.3 Å². The van der Waals surface area contributed by atoms with E-state index in [1.54, 1.807) is 6.92 Å². The number of aliphatic hydroxyl groups excluding tert-OH is 1. The zero-order valence-electron chi connectivity index (χ0n) is 11.7. The standard InChI is InChI=1S/C13H20N2O3S2/c1-7-13(19-8(2)14-7)20(17,18)15-12-10-4-3-9(5-10)11(12)6-16/h9-12,15-16H,3-6H2,1-2H3. The van der Waals surface area contributed by atoms with Crippen LogP contribution in [0.25, 0.3) is 0 Å². The molecular formula is C13H20N2O3S2. The first-order valence-corrected chi connectivity index (χ1v) is 9.29. The number of hydrogen-bond acceptors (Lipinski definition) is 5. The first-order chi connectivity index (χ1) is 9.42. The van der Waals surface area contributed by atoms with Gasteiger partial charge in [0, 0.05) is 18.6 Å². The van der Waals surface area contributed by atoms with Crippen LogP contribution in [0, 0.1) is 31.6 Å². The number of nitrogens with one attached hydrogen (secondary N) is 1. The molecule has 1 aromatic rings. The quantitative estimate of drug-likeness (QED) is 0.881. The van der Waals surface area contributed by atoms with Gasteiger partial charge in [-0.25, -0.2) is 18.1 Å². The smallest absolute Gasteiger partial charge is 0.252 e. The number of aromatic nitrogens is 1.